The molecule has 0 spiro atoms. The highest BCUT2D eigenvalue weighted by Gasteiger charge is 2.30. The van der Waals surface area contributed by atoms with Crippen LogP contribution in [0.3, 0.4) is 0 Å². The third kappa shape index (κ3) is 5.70. The predicted molar refractivity (Wildman–Crippen MR) is 130 cm³/mol. The van der Waals surface area contributed by atoms with E-state index in [2.05, 4.69) is 74.2 Å². The van der Waals surface area contributed by atoms with Crippen LogP contribution in [0.2, 0.25) is 0 Å². The van der Waals surface area contributed by atoms with Crippen molar-refractivity contribution in [2.75, 3.05) is 14.1 Å². The summed E-state index contributed by atoms with van der Waals surface area (Å²) in [5, 5.41) is 4.23. The van der Waals surface area contributed by atoms with Crippen LogP contribution in [0.1, 0.15) is 69.5 Å². The molecule has 0 aliphatic heterocycles. The number of halogens is 1. The maximum Gasteiger partial charge on any atom is 0.227 e. The molecule has 4 rings (SSSR count). The molecule has 4 nitrogen and oxygen atoms in total. The third-order valence-electron chi connectivity index (χ3n) is 7.05. The zero-order valence-electron chi connectivity index (χ0n) is 20.5. The third-order valence-corrected chi connectivity index (χ3v) is 7.05. The summed E-state index contributed by atoms with van der Waals surface area (Å²) in [5.74, 6) is 2.36. The van der Waals surface area contributed by atoms with Crippen LogP contribution in [0.15, 0.2) is 53.1 Å². The summed E-state index contributed by atoms with van der Waals surface area (Å²) in [6.07, 6.45) is 5.44. The molecule has 1 aliphatic rings. The monoisotopic (exact) mass is 449 g/mol. The minimum atomic E-state index is -0.177. The molecule has 1 atom stereocenters. The molecule has 1 heterocycles. The molecule has 1 aliphatic carbocycles. The van der Waals surface area contributed by atoms with Gasteiger partial charge in [0.05, 0.1) is 0 Å². The Bertz CT molecular complexity index is 1030. The van der Waals surface area contributed by atoms with E-state index in [9.17, 15) is 4.39 Å². The fourth-order valence-electron chi connectivity index (χ4n) is 5.18. The van der Waals surface area contributed by atoms with Gasteiger partial charge in [0.25, 0.3) is 0 Å². The molecule has 1 aromatic heterocycles. The minimum absolute atomic E-state index is 0.127. The van der Waals surface area contributed by atoms with Crippen molar-refractivity contribution in [3.63, 3.8) is 0 Å². The van der Waals surface area contributed by atoms with Crippen molar-refractivity contribution in [2.24, 2.45) is 11.8 Å². The lowest BCUT2D eigenvalue weighted by molar-refractivity contribution is 0.146. The number of hydrogen-bond acceptors (Lipinski definition) is 4. The van der Waals surface area contributed by atoms with Crippen molar-refractivity contribution < 1.29 is 8.91 Å². The maximum atomic E-state index is 13.4. The van der Waals surface area contributed by atoms with E-state index in [0.717, 1.165) is 43.6 Å². The van der Waals surface area contributed by atoms with Crippen LogP contribution in [-0.4, -0.2) is 29.1 Å². The molecule has 1 fully saturated rings. The Balaban J connectivity index is 1.35. The van der Waals surface area contributed by atoms with Crippen LogP contribution < -0.4 is 0 Å². The van der Waals surface area contributed by atoms with Crippen molar-refractivity contribution in [3.05, 3.63) is 71.4 Å². The van der Waals surface area contributed by atoms with Gasteiger partial charge >= 0.3 is 0 Å². The first-order valence-corrected chi connectivity index (χ1v) is 12.1. The van der Waals surface area contributed by atoms with Crippen molar-refractivity contribution in [1.82, 2.24) is 15.0 Å². The first kappa shape index (κ1) is 23.6. The molecule has 1 saturated carbocycles. The normalized spacial score (nSPS) is 20.2. The van der Waals surface area contributed by atoms with E-state index in [1.165, 1.54) is 11.1 Å². The van der Waals surface area contributed by atoms with Gasteiger partial charge in [-0.25, -0.2) is 4.39 Å². The molecule has 0 N–H and O–H groups in total. The molecule has 0 amide bonds. The summed E-state index contributed by atoms with van der Waals surface area (Å²) >= 11 is 0. The van der Waals surface area contributed by atoms with Crippen LogP contribution in [0, 0.1) is 17.7 Å². The molecular weight excluding hydrogens is 413 g/mol. The van der Waals surface area contributed by atoms with Crippen LogP contribution in [0.25, 0.3) is 11.4 Å². The average molecular weight is 450 g/mol. The number of hydrogen-bond donors (Lipinski definition) is 0. The van der Waals surface area contributed by atoms with Crippen LogP contribution >= 0.6 is 0 Å². The smallest absolute Gasteiger partial charge is 0.227 e. The van der Waals surface area contributed by atoms with Crippen LogP contribution in [0.4, 0.5) is 4.39 Å². The topological polar surface area (TPSA) is 42.2 Å². The van der Waals surface area contributed by atoms with Gasteiger partial charge in [0.2, 0.25) is 11.7 Å². The summed E-state index contributed by atoms with van der Waals surface area (Å²) in [6.45, 7) is 6.64. The van der Waals surface area contributed by atoms with Crippen molar-refractivity contribution in [2.45, 2.75) is 64.3 Å². The van der Waals surface area contributed by atoms with E-state index in [0.29, 0.717) is 23.7 Å². The molecular formula is C28H36FN3O. The summed E-state index contributed by atoms with van der Waals surface area (Å²) in [5.41, 5.74) is 3.62. The SMILES string of the molecule is CN(C)C(c1ccc(F)cc1)C1CCC(Cc2nc(-c3ccc(C(C)(C)C)cc3)no2)CC1. The van der Waals surface area contributed by atoms with Gasteiger partial charge in [-0.3, -0.25) is 0 Å². The van der Waals surface area contributed by atoms with E-state index in [1.807, 2.05) is 12.1 Å². The zero-order chi connectivity index (χ0) is 23.6. The predicted octanol–water partition coefficient (Wildman–Crippen LogP) is 6.83. The van der Waals surface area contributed by atoms with Gasteiger partial charge < -0.3 is 9.42 Å². The van der Waals surface area contributed by atoms with E-state index >= 15 is 0 Å². The van der Waals surface area contributed by atoms with Crippen molar-refractivity contribution in [3.8, 4) is 11.4 Å². The van der Waals surface area contributed by atoms with Gasteiger partial charge in [0, 0.05) is 18.0 Å². The highest BCUT2D eigenvalue weighted by atomic mass is 19.1. The quantitative estimate of drug-likeness (QED) is 0.414. The van der Waals surface area contributed by atoms with Crippen LogP contribution in [-0.2, 0) is 11.8 Å². The van der Waals surface area contributed by atoms with Crippen molar-refractivity contribution >= 4 is 0 Å². The minimum Gasteiger partial charge on any atom is -0.339 e. The molecule has 3 aromatic rings. The second kappa shape index (κ2) is 9.76. The maximum absolute atomic E-state index is 13.4. The van der Waals surface area contributed by atoms with Gasteiger partial charge in [-0.15, -0.1) is 0 Å². The Labute approximate surface area is 197 Å². The molecule has 176 valence electrons. The first-order valence-electron chi connectivity index (χ1n) is 12.1. The lowest BCUT2D eigenvalue weighted by atomic mass is 9.75. The molecule has 5 heteroatoms. The second-order valence-electron chi connectivity index (χ2n) is 10.8. The molecule has 0 radical (unpaired) electrons. The number of aromatic nitrogens is 2. The van der Waals surface area contributed by atoms with E-state index in [-0.39, 0.29) is 11.2 Å². The van der Waals surface area contributed by atoms with E-state index in [4.69, 9.17) is 4.52 Å². The average Bonchev–Trinajstić information content (AvgIpc) is 3.24. The largest absolute Gasteiger partial charge is 0.339 e. The fourth-order valence-corrected chi connectivity index (χ4v) is 5.18. The molecule has 2 aromatic carbocycles. The Morgan fingerprint density at radius 1 is 0.970 bits per heavy atom. The number of nitrogens with zero attached hydrogens (tertiary/aromatic N) is 3. The molecule has 0 bridgehead atoms. The lowest BCUT2D eigenvalue weighted by Gasteiger charge is -2.37. The van der Waals surface area contributed by atoms with E-state index in [1.54, 1.807) is 12.1 Å². The molecule has 33 heavy (non-hydrogen) atoms. The zero-order valence-corrected chi connectivity index (χ0v) is 20.5. The molecule has 0 saturated heterocycles. The summed E-state index contributed by atoms with van der Waals surface area (Å²) in [6, 6.07) is 15.8. The highest BCUT2D eigenvalue weighted by molar-refractivity contribution is 5.55. The van der Waals surface area contributed by atoms with Gasteiger partial charge in [-0.05, 0) is 80.3 Å². The summed E-state index contributed by atoms with van der Waals surface area (Å²) in [4.78, 5) is 6.95. The Morgan fingerprint density at radius 3 is 2.18 bits per heavy atom. The first-order chi connectivity index (χ1) is 15.7. The Kier molecular flexibility index (Phi) is 6.99. The summed E-state index contributed by atoms with van der Waals surface area (Å²) in [7, 11) is 4.24. The van der Waals surface area contributed by atoms with Gasteiger partial charge in [-0.1, -0.05) is 62.3 Å². The number of rotatable bonds is 6. The van der Waals surface area contributed by atoms with Crippen molar-refractivity contribution in [1.29, 1.82) is 0 Å². The van der Waals surface area contributed by atoms with Gasteiger partial charge in [0.15, 0.2) is 0 Å². The standard InChI is InChI=1S/C28H36FN3O/c1-28(2,3)23-14-10-22(11-15-23)27-30-25(33-31-27)18-19-6-8-20(9-7-19)26(32(4)5)21-12-16-24(29)17-13-21/h10-17,19-20,26H,6-9,18H2,1-5H3. The highest BCUT2D eigenvalue weighted by Crippen LogP contribution is 2.40. The fraction of sp³-hybridized carbons (Fsp3) is 0.500. The lowest BCUT2D eigenvalue weighted by Crippen LogP contribution is -2.30. The van der Waals surface area contributed by atoms with Gasteiger partial charge in [0.1, 0.15) is 5.82 Å². The second-order valence-corrected chi connectivity index (χ2v) is 10.8. The Morgan fingerprint density at radius 2 is 1.61 bits per heavy atom. The summed E-state index contributed by atoms with van der Waals surface area (Å²) < 4.78 is 19.0. The van der Waals surface area contributed by atoms with Crippen LogP contribution in [0.5, 0.6) is 0 Å². The molecule has 1 unspecified atom stereocenters. The number of benzene rings is 2. The van der Waals surface area contributed by atoms with E-state index < -0.39 is 0 Å². The Hall–Kier alpha value is -2.53. The van der Waals surface area contributed by atoms with Gasteiger partial charge in [-0.2, -0.15) is 4.98 Å².